The number of aliphatic imine (C=N–C) groups is 1. The Balaban J connectivity index is 1.56. The summed E-state index contributed by atoms with van der Waals surface area (Å²) in [6.45, 7) is 0.368. The zero-order chi connectivity index (χ0) is 34.9. The van der Waals surface area contributed by atoms with Crippen LogP contribution < -0.4 is 14.8 Å². The molecule has 0 aliphatic carbocycles. The zero-order valence-electron chi connectivity index (χ0n) is 25.9. The molecule has 5 rings (SSSR count). The molecular formula is C35H31BrF3N5O5. The number of aliphatic hydroxyl groups is 1. The Morgan fingerprint density at radius 2 is 1.67 bits per heavy atom. The molecule has 254 valence electrons. The molecule has 1 aliphatic heterocycles. The highest BCUT2D eigenvalue weighted by molar-refractivity contribution is 9.10. The number of alkyl halides is 3. The van der Waals surface area contributed by atoms with Crippen LogP contribution in [-0.2, 0) is 29.0 Å². The van der Waals surface area contributed by atoms with E-state index < -0.39 is 23.9 Å². The molecule has 0 spiro atoms. The van der Waals surface area contributed by atoms with Crippen LogP contribution in [0.1, 0.15) is 40.3 Å². The van der Waals surface area contributed by atoms with Crippen LogP contribution in [0.25, 0.3) is 10.4 Å². The van der Waals surface area contributed by atoms with Gasteiger partial charge in [0, 0.05) is 46.5 Å². The molecule has 4 aromatic carbocycles. The number of hydrogen-bond acceptors (Lipinski definition) is 7. The van der Waals surface area contributed by atoms with Crippen molar-refractivity contribution in [1.82, 2.24) is 5.32 Å². The summed E-state index contributed by atoms with van der Waals surface area (Å²) in [5.74, 6) is -0.0888. The predicted octanol–water partition coefficient (Wildman–Crippen LogP) is 7.74. The number of amides is 1. The highest BCUT2D eigenvalue weighted by Gasteiger charge is 2.54. The lowest BCUT2D eigenvalue weighted by Crippen LogP contribution is -2.50. The monoisotopic (exact) mass is 737 g/mol. The Kier molecular flexibility index (Phi) is 11.4. The molecule has 1 heterocycles. The molecule has 4 aromatic rings. The van der Waals surface area contributed by atoms with Crippen molar-refractivity contribution in [2.24, 2.45) is 10.1 Å². The highest BCUT2D eigenvalue weighted by Crippen LogP contribution is 2.45. The first-order valence-electron chi connectivity index (χ1n) is 15.2. The quantitative estimate of drug-likeness (QED) is 0.0590. The van der Waals surface area contributed by atoms with Gasteiger partial charge >= 0.3 is 6.36 Å². The van der Waals surface area contributed by atoms with Crippen molar-refractivity contribution in [1.29, 1.82) is 0 Å². The first kappa shape index (κ1) is 35.3. The van der Waals surface area contributed by atoms with Crippen molar-refractivity contribution >= 4 is 27.7 Å². The summed E-state index contributed by atoms with van der Waals surface area (Å²) < 4.78 is 55.0. The van der Waals surface area contributed by atoms with Gasteiger partial charge in [0.05, 0.1) is 13.2 Å². The van der Waals surface area contributed by atoms with Gasteiger partial charge in [-0.1, -0.05) is 75.6 Å². The van der Waals surface area contributed by atoms with E-state index in [1.165, 1.54) is 24.3 Å². The molecule has 0 unspecified atom stereocenters. The van der Waals surface area contributed by atoms with Gasteiger partial charge in [-0.2, -0.15) is 0 Å². The molecular weight excluding hydrogens is 707 g/mol. The number of carbonyl (C=O) groups excluding carboxylic acids is 1. The average molecular weight is 739 g/mol. The lowest BCUT2D eigenvalue weighted by atomic mass is 9.81. The number of benzene rings is 4. The van der Waals surface area contributed by atoms with Gasteiger partial charge in [-0.3, -0.25) is 4.79 Å². The number of hydrogen-bond donors (Lipinski definition) is 2. The van der Waals surface area contributed by atoms with Crippen molar-refractivity contribution in [2.45, 2.75) is 43.9 Å². The lowest BCUT2D eigenvalue weighted by molar-refractivity contribution is -0.274. The van der Waals surface area contributed by atoms with Gasteiger partial charge in [0.2, 0.25) is 5.90 Å². The summed E-state index contributed by atoms with van der Waals surface area (Å²) in [5.41, 5.74) is 10.6. The van der Waals surface area contributed by atoms with Crippen LogP contribution in [0.5, 0.6) is 11.5 Å². The van der Waals surface area contributed by atoms with Crippen LogP contribution >= 0.6 is 15.9 Å². The Bertz CT molecular complexity index is 1830. The summed E-state index contributed by atoms with van der Waals surface area (Å²) in [6, 6.07) is 26.8. The van der Waals surface area contributed by atoms with Gasteiger partial charge in [-0.25, -0.2) is 4.99 Å². The van der Waals surface area contributed by atoms with Crippen molar-refractivity contribution in [3.63, 3.8) is 0 Å². The van der Waals surface area contributed by atoms with Crippen LogP contribution in [0.4, 0.5) is 13.2 Å². The average Bonchev–Trinajstić information content (AvgIpc) is 3.47. The minimum absolute atomic E-state index is 0.00703. The van der Waals surface area contributed by atoms with Gasteiger partial charge in [0.1, 0.15) is 11.5 Å². The molecule has 0 saturated heterocycles. The number of rotatable bonds is 14. The molecule has 0 radical (unpaired) electrons. The zero-order valence-corrected chi connectivity index (χ0v) is 27.5. The molecule has 0 bridgehead atoms. The number of nitrogens with zero attached hydrogens (tertiary/aromatic N) is 4. The van der Waals surface area contributed by atoms with Crippen LogP contribution in [0.3, 0.4) is 0 Å². The first-order chi connectivity index (χ1) is 23.6. The smallest absolute Gasteiger partial charge is 0.494 e. The third-order valence-corrected chi connectivity index (χ3v) is 8.43. The van der Waals surface area contributed by atoms with E-state index >= 15 is 0 Å². The second kappa shape index (κ2) is 15.9. The van der Waals surface area contributed by atoms with Gasteiger partial charge in [0.25, 0.3) is 5.91 Å². The van der Waals surface area contributed by atoms with E-state index in [-0.39, 0.29) is 37.8 Å². The second-order valence-electron chi connectivity index (χ2n) is 11.0. The van der Waals surface area contributed by atoms with Crippen molar-refractivity contribution in [3.8, 4) is 11.5 Å². The van der Waals surface area contributed by atoms with Crippen molar-refractivity contribution in [2.75, 3.05) is 13.2 Å². The Labute approximate surface area is 288 Å². The van der Waals surface area contributed by atoms with Gasteiger partial charge in [-0.15, -0.1) is 13.2 Å². The molecule has 49 heavy (non-hydrogen) atoms. The standard InChI is InChI=1S/C35H31BrF3N5O5/c36-30-9-4-3-8-29(30)31-34(20-25-6-1-2-7-26(25)22-42-44-40,33(46)41-21-23-10-14-28(15-11-23)49-35(37,38)39)43-32(48-31)24-12-16-27(17-13-24)47-19-5-18-45/h1-4,6-17,31,45H,5,18-22H2,(H,41,46)/t31-,34-/m1/s1. The largest absolute Gasteiger partial charge is 0.573 e. The van der Waals surface area contributed by atoms with E-state index in [4.69, 9.17) is 25.1 Å². The molecule has 1 amide bonds. The maximum Gasteiger partial charge on any atom is 0.573 e. The van der Waals surface area contributed by atoms with Crippen LogP contribution in [0.2, 0.25) is 0 Å². The Morgan fingerprint density at radius 1 is 1.00 bits per heavy atom. The number of ether oxygens (including phenoxy) is 3. The van der Waals surface area contributed by atoms with Gasteiger partial charge in [0.15, 0.2) is 11.6 Å². The number of nitrogens with one attached hydrogen (secondary N) is 1. The van der Waals surface area contributed by atoms with Crippen LogP contribution in [0, 0.1) is 0 Å². The van der Waals surface area contributed by atoms with E-state index in [0.29, 0.717) is 51.1 Å². The predicted molar refractivity (Wildman–Crippen MR) is 179 cm³/mol. The summed E-state index contributed by atoms with van der Waals surface area (Å²) in [7, 11) is 0. The molecule has 2 N–H and O–H groups in total. The molecule has 0 aromatic heterocycles. The topological polar surface area (TPSA) is 138 Å². The van der Waals surface area contributed by atoms with Crippen molar-refractivity contribution in [3.05, 3.63) is 140 Å². The van der Waals surface area contributed by atoms with Gasteiger partial charge < -0.3 is 24.6 Å². The Morgan fingerprint density at radius 3 is 2.35 bits per heavy atom. The summed E-state index contributed by atoms with van der Waals surface area (Å²) >= 11 is 3.62. The van der Waals surface area contributed by atoms with E-state index in [1.54, 1.807) is 30.3 Å². The minimum atomic E-state index is -4.83. The van der Waals surface area contributed by atoms with Crippen LogP contribution in [-0.4, -0.2) is 42.0 Å². The fourth-order valence-corrected chi connectivity index (χ4v) is 5.87. The fourth-order valence-electron chi connectivity index (χ4n) is 5.37. The van der Waals surface area contributed by atoms with E-state index in [1.807, 2.05) is 42.5 Å². The summed E-state index contributed by atoms with van der Waals surface area (Å²) in [6.07, 6.45) is -5.24. The van der Waals surface area contributed by atoms with Gasteiger partial charge in [-0.05, 0) is 64.7 Å². The number of halogens is 4. The van der Waals surface area contributed by atoms with E-state index in [2.05, 4.69) is 36.0 Å². The normalized spacial score (nSPS) is 17.0. The molecule has 2 atom stereocenters. The number of aliphatic hydroxyl groups excluding tert-OH is 1. The SMILES string of the molecule is [N-]=[N+]=NCc1ccccc1C[C@@]1(C(=O)NCc2ccc(OC(F)(F)F)cc2)N=C(c2ccc(OCCCO)cc2)O[C@@H]1c1ccccc1Br. The maximum atomic E-state index is 14.6. The molecule has 0 saturated carbocycles. The second-order valence-corrected chi connectivity index (χ2v) is 11.9. The van der Waals surface area contributed by atoms with Crippen LogP contribution in [0.15, 0.2) is 112 Å². The number of azide groups is 1. The third kappa shape index (κ3) is 8.91. The molecule has 10 nitrogen and oxygen atoms in total. The molecule has 14 heteroatoms. The summed E-state index contributed by atoms with van der Waals surface area (Å²) in [5, 5.41) is 15.7. The highest BCUT2D eigenvalue weighted by atomic mass is 79.9. The van der Waals surface area contributed by atoms with Crippen molar-refractivity contribution < 1.29 is 37.3 Å². The summed E-state index contributed by atoms with van der Waals surface area (Å²) in [4.78, 5) is 22.5. The van der Waals surface area contributed by atoms with E-state index in [0.717, 1.165) is 0 Å². The minimum Gasteiger partial charge on any atom is -0.494 e. The fraction of sp³-hybridized carbons (Fsp3) is 0.257. The van der Waals surface area contributed by atoms with E-state index in [9.17, 15) is 18.0 Å². The Hall–Kier alpha value is -5.04. The third-order valence-electron chi connectivity index (χ3n) is 7.71. The number of carbonyl (C=O) groups is 1. The lowest BCUT2D eigenvalue weighted by Gasteiger charge is -2.32. The molecule has 0 fully saturated rings. The first-order valence-corrected chi connectivity index (χ1v) is 16.0. The molecule has 1 aliphatic rings. The maximum absolute atomic E-state index is 14.6.